The predicted octanol–water partition coefficient (Wildman–Crippen LogP) is 5.43. The van der Waals surface area contributed by atoms with Crippen molar-refractivity contribution in [1.82, 2.24) is 4.90 Å². The van der Waals surface area contributed by atoms with E-state index in [-0.39, 0.29) is 16.4 Å². The summed E-state index contributed by atoms with van der Waals surface area (Å²) >= 11 is 1.56. The van der Waals surface area contributed by atoms with Crippen LogP contribution in [0.4, 0.5) is 10.1 Å². The van der Waals surface area contributed by atoms with Crippen LogP contribution in [0.15, 0.2) is 87.7 Å². The molecule has 0 unspecified atom stereocenters. The van der Waals surface area contributed by atoms with Crippen molar-refractivity contribution >= 4 is 33.0 Å². The van der Waals surface area contributed by atoms with Crippen molar-refractivity contribution in [2.75, 3.05) is 4.72 Å². The second-order valence-corrected chi connectivity index (χ2v) is 10.1. The number of hydrogen-bond donors (Lipinski definition) is 1. The van der Waals surface area contributed by atoms with Gasteiger partial charge in [0, 0.05) is 16.1 Å². The molecule has 4 rings (SSSR count). The molecule has 170 valence electrons. The van der Waals surface area contributed by atoms with Gasteiger partial charge in [0.15, 0.2) is 0 Å². The van der Waals surface area contributed by atoms with Crippen LogP contribution in [0.5, 0.6) is 0 Å². The maximum atomic E-state index is 13.5. The molecule has 0 aliphatic rings. The summed E-state index contributed by atoms with van der Waals surface area (Å²) < 4.78 is 46.6. The number of halogens is 1. The molecule has 0 atom stereocenters. The van der Waals surface area contributed by atoms with Crippen LogP contribution in [0.2, 0.25) is 0 Å². The number of furan rings is 1. The van der Waals surface area contributed by atoms with Crippen LogP contribution in [0.3, 0.4) is 0 Å². The van der Waals surface area contributed by atoms with Crippen molar-refractivity contribution in [3.8, 4) is 0 Å². The Balaban J connectivity index is 1.51. The Morgan fingerprint density at radius 1 is 1.06 bits per heavy atom. The average Bonchev–Trinajstić information content (AvgIpc) is 3.49. The maximum Gasteiger partial charge on any atom is 0.261 e. The van der Waals surface area contributed by atoms with Gasteiger partial charge >= 0.3 is 0 Å². The number of hydrogen-bond acceptors (Lipinski definition) is 5. The van der Waals surface area contributed by atoms with Gasteiger partial charge in [-0.3, -0.25) is 9.52 Å². The van der Waals surface area contributed by atoms with E-state index >= 15 is 0 Å². The van der Waals surface area contributed by atoms with Crippen LogP contribution in [-0.2, 0) is 23.1 Å². The van der Waals surface area contributed by atoms with Crippen LogP contribution < -0.4 is 4.72 Å². The second kappa shape index (κ2) is 9.60. The molecule has 0 saturated carbocycles. The summed E-state index contributed by atoms with van der Waals surface area (Å²) in [6.45, 7) is 2.23. The molecule has 2 aromatic heterocycles. The molecule has 0 aliphatic carbocycles. The molecule has 0 bridgehead atoms. The van der Waals surface area contributed by atoms with E-state index < -0.39 is 15.8 Å². The zero-order chi connectivity index (χ0) is 23.4. The fourth-order valence-corrected chi connectivity index (χ4v) is 5.11. The van der Waals surface area contributed by atoms with E-state index in [9.17, 15) is 17.6 Å². The van der Waals surface area contributed by atoms with Crippen molar-refractivity contribution < 1.29 is 22.0 Å². The topological polar surface area (TPSA) is 79.6 Å². The van der Waals surface area contributed by atoms with Gasteiger partial charge in [-0.05, 0) is 78.5 Å². The Morgan fingerprint density at radius 3 is 2.48 bits per heavy atom. The number of carbonyl (C=O) groups is 1. The predicted molar refractivity (Wildman–Crippen MR) is 125 cm³/mol. The quantitative estimate of drug-likeness (QED) is 0.362. The van der Waals surface area contributed by atoms with Crippen molar-refractivity contribution in [3.05, 3.63) is 106 Å². The van der Waals surface area contributed by atoms with Gasteiger partial charge in [-0.2, -0.15) is 0 Å². The fraction of sp³-hybridized carbons (Fsp3) is 0.125. The molecule has 0 aliphatic heterocycles. The van der Waals surface area contributed by atoms with Gasteiger partial charge < -0.3 is 9.32 Å². The molecule has 4 aromatic rings. The van der Waals surface area contributed by atoms with Gasteiger partial charge in [-0.15, -0.1) is 11.3 Å². The molecule has 0 spiro atoms. The van der Waals surface area contributed by atoms with Gasteiger partial charge in [0.05, 0.1) is 24.2 Å². The summed E-state index contributed by atoms with van der Waals surface area (Å²) in [5, 5.41) is 1.95. The Labute approximate surface area is 195 Å². The zero-order valence-electron chi connectivity index (χ0n) is 17.7. The molecule has 33 heavy (non-hydrogen) atoms. The van der Waals surface area contributed by atoms with Gasteiger partial charge in [0.25, 0.3) is 15.9 Å². The van der Waals surface area contributed by atoms with Crippen LogP contribution in [0.25, 0.3) is 0 Å². The molecule has 2 heterocycles. The molecule has 0 fully saturated rings. The molecular formula is C24H21FN2O4S2. The third-order valence-electron chi connectivity index (χ3n) is 4.96. The van der Waals surface area contributed by atoms with E-state index in [4.69, 9.17) is 4.42 Å². The van der Waals surface area contributed by atoms with E-state index in [0.29, 0.717) is 30.1 Å². The van der Waals surface area contributed by atoms with Crippen LogP contribution in [0, 0.1) is 12.7 Å². The van der Waals surface area contributed by atoms with E-state index in [2.05, 4.69) is 4.72 Å². The Morgan fingerprint density at radius 2 is 1.85 bits per heavy atom. The first-order chi connectivity index (χ1) is 15.8. The Hall–Kier alpha value is -3.43. The number of aryl methyl sites for hydroxylation is 1. The normalized spacial score (nSPS) is 11.3. The third-order valence-corrected chi connectivity index (χ3v) is 7.20. The summed E-state index contributed by atoms with van der Waals surface area (Å²) in [7, 11) is -3.89. The van der Waals surface area contributed by atoms with E-state index in [0.717, 1.165) is 10.9 Å². The van der Waals surface area contributed by atoms with Crippen molar-refractivity contribution in [3.63, 3.8) is 0 Å². The lowest BCUT2D eigenvalue weighted by Gasteiger charge is -2.21. The number of thiophene rings is 1. The minimum absolute atomic E-state index is 0.0397. The van der Waals surface area contributed by atoms with Gasteiger partial charge in [-0.25, -0.2) is 12.8 Å². The smallest absolute Gasteiger partial charge is 0.261 e. The minimum Gasteiger partial charge on any atom is -0.467 e. The molecule has 1 amide bonds. The molecule has 2 aromatic carbocycles. The third kappa shape index (κ3) is 5.50. The number of rotatable bonds is 8. The highest BCUT2D eigenvalue weighted by molar-refractivity contribution is 7.92. The van der Waals surface area contributed by atoms with E-state index in [1.807, 2.05) is 23.6 Å². The highest BCUT2D eigenvalue weighted by Gasteiger charge is 2.20. The summed E-state index contributed by atoms with van der Waals surface area (Å²) in [6.07, 6.45) is 1.56. The number of sulfonamides is 1. The monoisotopic (exact) mass is 484 g/mol. The number of nitrogens with one attached hydrogen (secondary N) is 1. The summed E-state index contributed by atoms with van der Waals surface area (Å²) in [5.74, 6) is -0.0132. The first kappa shape index (κ1) is 22.8. The maximum absolute atomic E-state index is 13.5. The highest BCUT2D eigenvalue weighted by atomic mass is 32.2. The van der Waals surface area contributed by atoms with Crippen LogP contribution in [-0.4, -0.2) is 19.2 Å². The summed E-state index contributed by atoms with van der Waals surface area (Å²) in [5.41, 5.74) is 0.948. The van der Waals surface area contributed by atoms with Gasteiger partial charge in [0.2, 0.25) is 0 Å². The lowest BCUT2D eigenvalue weighted by molar-refractivity contribution is 0.0719. The highest BCUT2D eigenvalue weighted by Crippen LogP contribution is 2.21. The number of benzene rings is 2. The largest absolute Gasteiger partial charge is 0.467 e. The first-order valence-electron chi connectivity index (χ1n) is 10.0. The summed E-state index contributed by atoms with van der Waals surface area (Å²) in [4.78, 5) is 15.9. The van der Waals surface area contributed by atoms with Crippen molar-refractivity contribution in [2.45, 2.75) is 24.9 Å². The minimum atomic E-state index is -3.89. The molecule has 9 heteroatoms. The fourth-order valence-electron chi connectivity index (χ4n) is 3.24. The molecule has 0 saturated heterocycles. The first-order valence-corrected chi connectivity index (χ1v) is 12.4. The van der Waals surface area contributed by atoms with Crippen molar-refractivity contribution in [1.29, 1.82) is 0 Å². The number of anilines is 1. The zero-order valence-corrected chi connectivity index (χ0v) is 19.3. The Bertz CT molecular complexity index is 1300. The molecular weight excluding hydrogens is 463 g/mol. The number of carbonyl (C=O) groups excluding carboxylic acids is 1. The summed E-state index contributed by atoms with van der Waals surface area (Å²) in [6, 6.07) is 17.3. The molecule has 6 nitrogen and oxygen atoms in total. The van der Waals surface area contributed by atoms with Gasteiger partial charge in [0.1, 0.15) is 11.6 Å². The lowest BCUT2D eigenvalue weighted by atomic mass is 10.1. The van der Waals surface area contributed by atoms with Crippen molar-refractivity contribution in [2.24, 2.45) is 0 Å². The molecule has 0 radical (unpaired) electrons. The lowest BCUT2D eigenvalue weighted by Crippen LogP contribution is -2.29. The number of nitrogens with zero attached hydrogens (tertiary/aromatic N) is 1. The van der Waals surface area contributed by atoms with E-state index in [1.165, 1.54) is 31.2 Å². The van der Waals surface area contributed by atoms with E-state index in [1.54, 1.807) is 40.7 Å². The Kier molecular flexibility index (Phi) is 6.62. The van der Waals surface area contributed by atoms with Crippen LogP contribution >= 0.6 is 11.3 Å². The SMILES string of the molecule is Cc1cc(S(=O)(=O)Nc2ccc(C(=O)N(Cc3ccco3)Cc3cccs3)cc2)ccc1F. The average molecular weight is 485 g/mol. The van der Waals surface area contributed by atoms with Crippen LogP contribution in [0.1, 0.15) is 26.6 Å². The standard InChI is InChI=1S/C24H21FN2O4S2/c1-17-14-22(10-11-23(17)25)33(29,30)26-19-8-6-18(7-9-19)24(28)27(15-20-4-2-12-31-20)16-21-5-3-13-32-21/h2-14,26H,15-16H2,1H3. The molecule has 1 N–H and O–H groups in total. The number of amides is 1. The second-order valence-electron chi connectivity index (χ2n) is 7.41. The van der Waals surface area contributed by atoms with Gasteiger partial charge in [-0.1, -0.05) is 6.07 Å².